The molecule has 74 valence electrons. The van der Waals surface area contributed by atoms with Crippen molar-refractivity contribution in [3.63, 3.8) is 0 Å². The summed E-state index contributed by atoms with van der Waals surface area (Å²) in [6.45, 7) is 0. The monoisotopic (exact) mass is 252 g/mol. The number of hydrogen-bond acceptors (Lipinski definition) is 1. The maximum absolute atomic E-state index is 12.2. The van der Waals surface area contributed by atoms with Gasteiger partial charge in [-0.2, -0.15) is 13.2 Å². The van der Waals surface area contributed by atoms with Crippen molar-refractivity contribution in [3.05, 3.63) is 16.1 Å². The van der Waals surface area contributed by atoms with Crippen LogP contribution in [0.4, 0.5) is 13.2 Å². The SMILES string of the molecule is FC(F)(F)c1nc(Cl)c(Cl)n1CCl. The first-order valence-corrected chi connectivity index (χ1v) is 4.21. The minimum Gasteiger partial charge on any atom is -0.296 e. The van der Waals surface area contributed by atoms with Crippen LogP contribution in [0.3, 0.4) is 0 Å². The molecule has 0 atom stereocenters. The van der Waals surface area contributed by atoms with Crippen LogP contribution in [-0.4, -0.2) is 9.55 Å². The van der Waals surface area contributed by atoms with Gasteiger partial charge in [0.15, 0.2) is 5.15 Å². The van der Waals surface area contributed by atoms with Gasteiger partial charge in [-0.3, -0.25) is 4.57 Å². The molecule has 13 heavy (non-hydrogen) atoms. The molecule has 0 unspecified atom stereocenters. The molecule has 2 nitrogen and oxygen atoms in total. The number of imidazole rings is 1. The van der Waals surface area contributed by atoms with Crippen LogP contribution in [0.5, 0.6) is 0 Å². The van der Waals surface area contributed by atoms with Crippen molar-refractivity contribution in [2.75, 3.05) is 0 Å². The summed E-state index contributed by atoms with van der Waals surface area (Å²) in [5.74, 6) is -1.20. The number of nitrogens with zero attached hydrogens (tertiary/aromatic N) is 2. The van der Waals surface area contributed by atoms with Crippen molar-refractivity contribution in [2.45, 2.75) is 12.2 Å². The summed E-state index contributed by atoms with van der Waals surface area (Å²) in [6, 6.07) is -0.451. The molecule has 1 aromatic rings. The molecular weight excluding hydrogens is 251 g/mol. The fourth-order valence-electron chi connectivity index (χ4n) is 0.729. The summed E-state index contributed by atoms with van der Waals surface area (Å²) < 4.78 is 37.1. The van der Waals surface area contributed by atoms with E-state index in [0.29, 0.717) is 4.57 Å². The molecule has 0 saturated carbocycles. The fraction of sp³-hybridized carbons (Fsp3) is 0.400. The minimum atomic E-state index is -4.61. The molecule has 0 spiro atoms. The van der Waals surface area contributed by atoms with Gasteiger partial charge < -0.3 is 0 Å². The Bertz CT molecular complexity index is 320. The normalized spacial score (nSPS) is 12.2. The van der Waals surface area contributed by atoms with Crippen molar-refractivity contribution < 1.29 is 13.2 Å². The lowest BCUT2D eigenvalue weighted by Gasteiger charge is -2.06. The Balaban J connectivity index is 3.30. The maximum atomic E-state index is 12.2. The largest absolute Gasteiger partial charge is 0.449 e. The maximum Gasteiger partial charge on any atom is 0.449 e. The van der Waals surface area contributed by atoms with E-state index in [1.54, 1.807) is 0 Å². The zero-order chi connectivity index (χ0) is 10.2. The van der Waals surface area contributed by atoms with Crippen LogP contribution < -0.4 is 0 Å². The van der Waals surface area contributed by atoms with E-state index < -0.39 is 23.2 Å². The fourth-order valence-corrected chi connectivity index (χ4v) is 1.39. The Morgan fingerprint density at radius 2 is 1.85 bits per heavy atom. The molecule has 0 bridgehead atoms. The highest BCUT2D eigenvalue weighted by Crippen LogP contribution is 2.34. The van der Waals surface area contributed by atoms with Gasteiger partial charge in [-0.25, -0.2) is 4.98 Å². The average molecular weight is 253 g/mol. The summed E-state index contributed by atoms with van der Waals surface area (Å²) in [7, 11) is 0. The van der Waals surface area contributed by atoms with Gasteiger partial charge in [0.1, 0.15) is 11.2 Å². The Morgan fingerprint density at radius 3 is 2.15 bits per heavy atom. The third-order valence-electron chi connectivity index (χ3n) is 1.24. The molecule has 1 heterocycles. The summed E-state index contributed by atoms with van der Waals surface area (Å²) >= 11 is 15.9. The Kier molecular flexibility index (Phi) is 2.99. The third-order valence-corrected chi connectivity index (χ3v) is 2.22. The van der Waals surface area contributed by atoms with Crippen LogP contribution in [0, 0.1) is 0 Å². The van der Waals surface area contributed by atoms with Gasteiger partial charge in [0.25, 0.3) is 0 Å². The van der Waals surface area contributed by atoms with E-state index in [9.17, 15) is 13.2 Å². The molecule has 0 aliphatic carbocycles. The smallest absolute Gasteiger partial charge is 0.296 e. The van der Waals surface area contributed by atoms with Gasteiger partial charge in [0.05, 0.1) is 0 Å². The second-order valence-corrected chi connectivity index (χ2v) is 3.02. The first kappa shape index (κ1) is 10.9. The first-order chi connectivity index (χ1) is 5.88. The van der Waals surface area contributed by atoms with E-state index in [2.05, 4.69) is 4.98 Å². The molecule has 0 amide bonds. The average Bonchev–Trinajstić information content (AvgIpc) is 2.28. The van der Waals surface area contributed by atoms with Gasteiger partial charge in [0.2, 0.25) is 5.82 Å². The van der Waals surface area contributed by atoms with Crippen molar-refractivity contribution in [3.8, 4) is 0 Å². The molecule has 8 heteroatoms. The zero-order valence-electron chi connectivity index (χ0n) is 5.87. The molecule has 0 aromatic carbocycles. The summed E-state index contributed by atoms with van der Waals surface area (Å²) in [5, 5.41) is -0.723. The van der Waals surface area contributed by atoms with Crippen LogP contribution in [0.15, 0.2) is 0 Å². The lowest BCUT2D eigenvalue weighted by molar-refractivity contribution is -0.146. The Hall–Kier alpha value is -0.130. The number of halogens is 6. The lowest BCUT2D eigenvalue weighted by atomic mass is 10.6. The second-order valence-electron chi connectivity index (χ2n) is 2.06. The standard InChI is InChI=1S/C5H2Cl3F3N2/c6-1-13-3(8)2(7)12-4(13)5(9,10)11/h1H2. The van der Waals surface area contributed by atoms with Crippen molar-refractivity contribution in [1.29, 1.82) is 0 Å². The molecule has 1 aromatic heterocycles. The van der Waals surface area contributed by atoms with Crippen LogP contribution in [0.25, 0.3) is 0 Å². The van der Waals surface area contributed by atoms with Crippen LogP contribution in [0.1, 0.15) is 5.82 Å². The zero-order valence-corrected chi connectivity index (χ0v) is 8.14. The van der Waals surface area contributed by atoms with E-state index >= 15 is 0 Å². The molecule has 0 aliphatic heterocycles. The number of hydrogen-bond donors (Lipinski definition) is 0. The van der Waals surface area contributed by atoms with E-state index in [1.165, 1.54) is 0 Å². The molecule has 0 aliphatic rings. The second kappa shape index (κ2) is 3.55. The first-order valence-electron chi connectivity index (χ1n) is 2.92. The third kappa shape index (κ3) is 2.03. The van der Waals surface area contributed by atoms with Gasteiger partial charge in [-0.1, -0.05) is 23.2 Å². The summed E-state index contributed by atoms with van der Waals surface area (Å²) in [5.41, 5.74) is 0. The van der Waals surface area contributed by atoms with Crippen molar-refractivity contribution in [2.24, 2.45) is 0 Å². The lowest BCUT2D eigenvalue weighted by Crippen LogP contribution is -2.13. The molecule has 0 radical (unpaired) electrons. The van der Waals surface area contributed by atoms with Gasteiger partial charge in [0, 0.05) is 0 Å². The highest BCUT2D eigenvalue weighted by Gasteiger charge is 2.38. The van der Waals surface area contributed by atoms with E-state index in [-0.39, 0.29) is 5.15 Å². The molecule has 0 N–H and O–H groups in total. The number of rotatable bonds is 1. The molecular formula is C5H2Cl3F3N2. The topological polar surface area (TPSA) is 17.8 Å². The number of alkyl halides is 4. The molecule has 0 fully saturated rings. The minimum absolute atomic E-state index is 0.316. The Morgan fingerprint density at radius 1 is 1.31 bits per heavy atom. The highest BCUT2D eigenvalue weighted by molar-refractivity contribution is 6.40. The molecule has 1 rings (SSSR count). The van der Waals surface area contributed by atoms with Gasteiger partial charge >= 0.3 is 6.18 Å². The van der Waals surface area contributed by atoms with Crippen LogP contribution in [0.2, 0.25) is 10.3 Å². The summed E-state index contributed by atoms with van der Waals surface area (Å²) in [6.07, 6.45) is -4.61. The van der Waals surface area contributed by atoms with E-state index in [4.69, 9.17) is 34.8 Å². The quantitative estimate of drug-likeness (QED) is 0.701. The van der Waals surface area contributed by atoms with Gasteiger partial charge in [-0.05, 0) is 0 Å². The van der Waals surface area contributed by atoms with Crippen LogP contribution in [-0.2, 0) is 12.2 Å². The molecule has 0 saturated heterocycles. The van der Waals surface area contributed by atoms with Crippen molar-refractivity contribution in [1.82, 2.24) is 9.55 Å². The van der Waals surface area contributed by atoms with Gasteiger partial charge in [-0.15, -0.1) is 11.6 Å². The predicted octanol–water partition coefficient (Wildman–Crippen LogP) is 3.41. The van der Waals surface area contributed by atoms with Crippen LogP contribution >= 0.6 is 34.8 Å². The Labute approximate surface area is 86.2 Å². The summed E-state index contributed by atoms with van der Waals surface area (Å²) in [4.78, 5) is 3.04. The predicted molar refractivity (Wildman–Crippen MR) is 43.1 cm³/mol. The van der Waals surface area contributed by atoms with Crippen molar-refractivity contribution >= 4 is 34.8 Å². The number of aromatic nitrogens is 2. The van der Waals surface area contributed by atoms with E-state index in [0.717, 1.165) is 0 Å². The van der Waals surface area contributed by atoms with E-state index in [1.807, 2.05) is 0 Å². The highest BCUT2D eigenvalue weighted by atomic mass is 35.5.